The quantitative estimate of drug-likeness (QED) is 0.681. The van der Waals surface area contributed by atoms with Crippen LogP contribution in [0.3, 0.4) is 0 Å². The molecule has 2 atom stereocenters. The molecule has 3 saturated heterocycles. The Bertz CT molecular complexity index is 441. The fourth-order valence-electron chi connectivity index (χ4n) is 4.54. The summed E-state index contributed by atoms with van der Waals surface area (Å²) in [7, 11) is 0. The Balaban J connectivity index is 1.71. The van der Waals surface area contributed by atoms with Gasteiger partial charge in [-0.3, -0.25) is 4.79 Å². The average Bonchev–Trinajstić information content (AvgIpc) is 2.81. The summed E-state index contributed by atoms with van der Waals surface area (Å²) < 4.78 is 11.4. The molecule has 0 aromatic rings. The SMILES string of the molecule is CC1OC(C2=CCC3CCCCN4C(=O)CCC234)O1. The van der Waals surface area contributed by atoms with Crippen molar-refractivity contribution in [3.63, 3.8) is 0 Å². The number of ether oxygens (including phenoxy) is 2. The van der Waals surface area contributed by atoms with Crippen molar-refractivity contribution in [2.45, 2.75) is 63.6 Å². The summed E-state index contributed by atoms with van der Waals surface area (Å²) in [5.74, 6) is 0.909. The van der Waals surface area contributed by atoms with E-state index >= 15 is 0 Å². The highest BCUT2D eigenvalue weighted by molar-refractivity contribution is 5.81. The van der Waals surface area contributed by atoms with E-state index in [2.05, 4.69) is 11.0 Å². The van der Waals surface area contributed by atoms with E-state index in [1.165, 1.54) is 18.4 Å². The second-order valence-corrected chi connectivity index (χ2v) is 6.23. The minimum absolute atomic E-state index is 0.0710. The number of rotatable bonds is 1. The standard InChI is InChI=1S/C15H21NO3/c1-10-18-14(19-10)12-6-5-11-4-2-3-9-16-13(17)7-8-15(11,12)16/h6,10-11,14H,2-5,7-9H2,1H3. The molecular formula is C15H21NO3. The van der Waals surface area contributed by atoms with Gasteiger partial charge in [-0.05, 0) is 38.5 Å². The van der Waals surface area contributed by atoms with E-state index in [0.717, 1.165) is 25.8 Å². The first kappa shape index (κ1) is 11.9. The van der Waals surface area contributed by atoms with Gasteiger partial charge in [0.05, 0.1) is 5.54 Å². The number of hydrogen-bond donors (Lipinski definition) is 0. The fourth-order valence-corrected chi connectivity index (χ4v) is 4.54. The number of carbonyl (C=O) groups excluding carboxylic acids is 1. The van der Waals surface area contributed by atoms with E-state index in [1.54, 1.807) is 0 Å². The Morgan fingerprint density at radius 3 is 3.00 bits per heavy atom. The summed E-state index contributed by atoms with van der Waals surface area (Å²) in [5.41, 5.74) is 1.17. The van der Waals surface area contributed by atoms with Crippen molar-refractivity contribution >= 4 is 5.91 Å². The van der Waals surface area contributed by atoms with Crippen LogP contribution in [-0.4, -0.2) is 35.5 Å². The second kappa shape index (κ2) is 4.06. The maximum atomic E-state index is 12.3. The van der Waals surface area contributed by atoms with Crippen LogP contribution in [0.1, 0.15) is 45.4 Å². The van der Waals surface area contributed by atoms with Crippen LogP contribution in [0.15, 0.2) is 11.6 Å². The summed E-state index contributed by atoms with van der Waals surface area (Å²) in [5, 5.41) is 0. The van der Waals surface area contributed by atoms with Crippen molar-refractivity contribution in [3.8, 4) is 0 Å². The molecule has 2 unspecified atom stereocenters. The number of nitrogens with zero attached hydrogens (tertiary/aromatic N) is 1. The zero-order chi connectivity index (χ0) is 13.0. The lowest BCUT2D eigenvalue weighted by Gasteiger charge is -2.46. The molecule has 1 amide bonds. The van der Waals surface area contributed by atoms with E-state index in [4.69, 9.17) is 9.47 Å². The molecule has 0 aromatic carbocycles. The lowest BCUT2D eigenvalue weighted by molar-refractivity contribution is -0.362. The molecular weight excluding hydrogens is 242 g/mol. The van der Waals surface area contributed by atoms with Crippen LogP contribution < -0.4 is 0 Å². The molecule has 4 aliphatic rings. The maximum absolute atomic E-state index is 12.3. The molecule has 0 N–H and O–H groups in total. The van der Waals surface area contributed by atoms with Gasteiger partial charge in [-0.15, -0.1) is 0 Å². The molecule has 4 nitrogen and oxygen atoms in total. The minimum atomic E-state index is -0.202. The number of allylic oxidation sites excluding steroid dienone is 1. The topological polar surface area (TPSA) is 38.8 Å². The van der Waals surface area contributed by atoms with E-state index in [9.17, 15) is 4.79 Å². The summed E-state index contributed by atoms with van der Waals surface area (Å²) in [6.45, 7) is 2.83. The Morgan fingerprint density at radius 1 is 1.37 bits per heavy atom. The highest BCUT2D eigenvalue weighted by Crippen LogP contribution is 2.54. The molecule has 3 aliphatic heterocycles. The normalized spacial score (nSPS) is 45.3. The maximum Gasteiger partial charge on any atom is 0.223 e. The second-order valence-electron chi connectivity index (χ2n) is 6.23. The van der Waals surface area contributed by atoms with Gasteiger partial charge >= 0.3 is 0 Å². The van der Waals surface area contributed by atoms with E-state index < -0.39 is 0 Å². The first-order chi connectivity index (χ1) is 9.22. The summed E-state index contributed by atoms with van der Waals surface area (Å²) in [6.07, 6.45) is 8.32. The van der Waals surface area contributed by atoms with Crippen LogP contribution in [0.2, 0.25) is 0 Å². The Hall–Kier alpha value is -0.870. The average molecular weight is 263 g/mol. The molecule has 4 heteroatoms. The van der Waals surface area contributed by atoms with Gasteiger partial charge in [-0.2, -0.15) is 0 Å². The molecule has 0 radical (unpaired) electrons. The van der Waals surface area contributed by atoms with Crippen LogP contribution >= 0.6 is 0 Å². The monoisotopic (exact) mass is 263 g/mol. The van der Waals surface area contributed by atoms with Gasteiger partial charge in [-0.1, -0.05) is 12.5 Å². The highest BCUT2D eigenvalue weighted by Gasteiger charge is 2.58. The molecule has 3 heterocycles. The molecule has 0 bridgehead atoms. The summed E-state index contributed by atoms with van der Waals surface area (Å²) in [6, 6.07) is 0. The zero-order valence-corrected chi connectivity index (χ0v) is 11.4. The minimum Gasteiger partial charge on any atom is -0.333 e. The lowest BCUT2D eigenvalue weighted by Crippen LogP contribution is -2.55. The third kappa shape index (κ3) is 1.50. The third-order valence-corrected chi connectivity index (χ3v) is 5.37. The molecule has 1 aliphatic carbocycles. The van der Waals surface area contributed by atoms with Crippen LogP contribution in [0, 0.1) is 5.92 Å². The molecule has 104 valence electrons. The van der Waals surface area contributed by atoms with Gasteiger partial charge in [-0.25, -0.2) is 0 Å². The molecule has 1 spiro atoms. The molecule has 4 rings (SSSR count). The Morgan fingerprint density at radius 2 is 2.21 bits per heavy atom. The third-order valence-electron chi connectivity index (χ3n) is 5.37. The lowest BCUT2D eigenvalue weighted by atomic mass is 9.78. The van der Waals surface area contributed by atoms with Gasteiger partial charge in [0.1, 0.15) is 0 Å². The first-order valence-electron chi connectivity index (χ1n) is 7.54. The predicted molar refractivity (Wildman–Crippen MR) is 69.1 cm³/mol. The van der Waals surface area contributed by atoms with E-state index in [0.29, 0.717) is 18.2 Å². The smallest absolute Gasteiger partial charge is 0.223 e. The van der Waals surface area contributed by atoms with Crippen molar-refractivity contribution in [1.82, 2.24) is 4.90 Å². The molecule has 0 aromatic heterocycles. The predicted octanol–water partition coefficient (Wildman–Crippen LogP) is 2.20. The van der Waals surface area contributed by atoms with E-state index in [-0.39, 0.29) is 18.1 Å². The van der Waals surface area contributed by atoms with Gasteiger partial charge in [0.15, 0.2) is 12.6 Å². The molecule has 3 fully saturated rings. The fraction of sp³-hybridized carbons (Fsp3) is 0.800. The molecule has 0 saturated carbocycles. The number of carbonyl (C=O) groups is 1. The van der Waals surface area contributed by atoms with Crippen LogP contribution in [0.25, 0.3) is 0 Å². The van der Waals surface area contributed by atoms with E-state index in [1.807, 2.05) is 6.92 Å². The van der Waals surface area contributed by atoms with Crippen molar-refractivity contribution < 1.29 is 14.3 Å². The summed E-state index contributed by atoms with van der Waals surface area (Å²) in [4.78, 5) is 14.4. The van der Waals surface area contributed by atoms with Gasteiger partial charge in [0.2, 0.25) is 5.91 Å². The molecule has 19 heavy (non-hydrogen) atoms. The Kier molecular flexibility index (Phi) is 2.55. The van der Waals surface area contributed by atoms with Gasteiger partial charge in [0.25, 0.3) is 0 Å². The largest absolute Gasteiger partial charge is 0.333 e. The van der Waals surface area contributed by atoms with Crippen LogP contribution in [0.4, 0.5) is 0 Å². The van der Waals surface area contributed by atoms with Gasteiger partial charge < -0.3 is 14.4 Å². The summed E-state index contributed by atoms with van der Waals surface area (Å²) >= 11 is 0. The number of amides is 1. The first-order valence-corrected chi connectivity index (χ1v) is 7.54. The van der Waals surface area contributed by atoms with Gasteiger partial charge in [0, 0.05) is 18.5 Å². The highest BCUT2D eigenvalue weighted by atomic mass is 16.9. The number of hydrogen-bond acceptors (Lipinski definition) is 3. The zero-order valence-electron chi connectivity index (χ0n) is 11.4. The van der Waals surface area contributed by atoms with Crippen molar-refractivity contribution in [3.05, 3.63) is 11.6 Å². The van der Waals surface area contributed by atoms with Crippen molar-refractivity contribution in [2.75, 3.05) is 6.54 Å². The van der Waals surface area contributed by atoms with Crippen molar-refractivity contribution in [2.24, 2.45) is 5.92 Å². The van der Waals surface area contributed by atoms with Crippen LogP contribution in [0.5, 0.6) is 0 Å². The van der Waals surface area contributed by atoms with Crippen LogP contribution in [-0.2, 0) is 14.3 Å². The Labute approximate surface area is 113 Å². The van der Waals surface area contributed by atoms with Crippen molar-refractivity contribution in [1.29, 1.82) is 0 Å².